The maximum atomic E-state index is 12.8. The number of nitro groups is 1. The molecule has 0 spiro atoms. The standard InChI is InChI=1S/C9H9F3N2O4S/c1-13(2)19(17,18)8-4-3-6(14(15)16)5-7(8)9(10,11)12/h3-5H,1-2H3. The topological polar surface area (TPSA) is 80.5 Å². The molecule has 0 saturated heterocycles. The molecule has 0 unspecified atom stereocenters. The molecule has 1 rings (SSSR count). The van der Waals surface area contributed by atoms with Crippen LogP contribution in [-0.2, 0) is 16.2 Å². The Kier molecular flexibility index (Phi) is 3.87. The second-order valence-corrected chi connectivity index (χ2v) is 5.84. The van der Waals surface area contributed by atoms with Gasteiger partial charge in [-0.25, -0.2) is 12.7 Å². The highest BCUT2D eigenvalue weighted by atomic mass is 32.2. The van der Waals surface area contributed by atoms with Gasteiger partial charge in [0.1, 0.15) is 0 Å². The fourth-order valence-electron chi connectivity index (χ4n) is 1.27. The largest absolute Gasteiger partial charge is 0.417 e. The fourth-order valence-corrected chi connectivity index (χ4v) is 2.36. The van der Waals surface area contributed by atoms with E-state index >= 15 is 0 Å². The third-order valence-electron chi connectivity index (χ3n) is 2.24. The van der Waals surface area contributed by atoms with Crippen LogP contribution in [0.2, 0.25) is 0 Å². The molecule has 0 fully saturated rings. The third-order valence-corrected chi connectivity index (χ3v) is 4.11. The Labute approximate surface area is 106 Å². The SMILES string of the molecule is CN(C)S(=O)(=O)c1ccc([N+](=O)[O-])cc1C(F)(F)F. The smallest absolute Gasteiger partial charge is 0.258 e. The lowest BCUT2D eigenvalue weighted by Gasteiger charge is -2.16. The predicted octanol–water partition coefficient (Wildman–Crippen LogP) is 1.86. The number of sulfonamides is 1. The Morgan fingerprint density at radius 2 is 1.79 bits per heavy atom. The third kappa shape index (κ3) is 3.01. The quantitative estimate of drug-likeness (QED) is 0.630. The van der Waals surface area contributed by atoms with Crippen LogP contribution in [0.25, 0.3) is 0 Å². The summed E-state index contributed by atoms with van der Waals surface area (Å²) in [7, 11) is -2.21. The highest BCUT2D eigenvalue weighted by Gasteiger charge is 2.39. The van der Waals surface area contributed by atoms with E-state index in [2.05, 4.69) is 0 Å². The van der Waals surface area contributed by atoms with Crippen LogP contribution < -0.4 is 0 Å². The second kappa shape index (κ2) is 4.78. The number of halogens is 3. The highest BCUT2D eigenvalue weighted by molar-refractivity contribution is 7.89. The molecule has 0 aliphatic rings. The highest BCUT2D eigenvalue weighted by Crippen LogP contribution is 2.37. The summed E-state index contributed by atoms with van der Waals surface area (Å²) in [5.74, 6) is 0. The summed E-state index contributed by atoms with van der Waals surface area (Å²) in [5, 5.41) is 10.5. The van der Waals surface area contributed by atoms with E-state index in [0.29, 0.717) is 16.4 Å². The van der Waals surface area contributed by atoms with Gasteiger partial charge in [-0.05, 0) is 6.07 Å². The monoisotopic (exact) mass is 298 g/mol. The van der Waals surface area contributed by atoms with Crippen molar-refractivity contribution in [3.05, 3.63) is 33.9 Å². The van der Waals surface area contributed by atoms with Gasteiger partial charge in [-0.15, -0.1) is 0 Å². The molecule has 0 aliphatic heterocycles. The molecule has 10 heteroatoms. The Morgan fingerprint density at radius 3 is 2.16 bits per heavy atom. The molecule has 1 aromatic carbocycles. The number of nitro benzene ring substituents is 1. The van der Waals surface area contributed by atoms with Crippen molar-refractivity contribution in [2.75, 3.05) is 14.1 Å². The van der Waals surface area contributed by atoms with Gasteiger partial charge in [0.15, 0.2) is 0 Å². The molecule has 0 saturated carbocycles. The molecule has 1 aromatic rings. The van der Waals surface area contributed by atoms with E-state index < -0.39 is 37.3 Å². The lowest BCUT2D eigenvalue weighted by atomic mass is 10.2. The summed E-state index contributed by atoms with van der Waals surface area (Å²) in [6.07, 6.45) is -5.01. The van der Waals surface area contributed by atoms with E-state index in [4.69, 9.17) is 0 Å². The van der Waals surface area contributed by atoms with Crippen molar-refractivity contribution in [2.24, 2.45) is 0 Å². The van der Waals surface area contributed by atoms with Crippen molar-refractivity contribution >= 4 is 15.7 Å². The van der Waals surface area contributed by atoms with Gasteiger partial charge in [0.05, 0.1) is 15.4 Å². The lowest BCUT2D eigenvalue weighted by molar-refractivity contribution is -0.385. The first kappa shape index (κ1) is 15.4. The van der Waals surface area contributed by atoms with Crippen molar-refractivity contribution < 1.29 is 26.5 Å². The van der Waals surface area contributed by atoms with Crippen molar-refractivity contribution in [3.8, 4) is 0 Å². The van der Waals surface area contributed by atoms with Gasteiger partial charge < -0.3 is 0 Å². The molecule has 6 nitrogen and oxygen atoms in total. The summed E-state index contributed by atoms with van der Waals surface area (Å²) in [5.41, 5.74) is -2.39. The van der Waals surface area contributed by atoms with E-state index in [-0.39, 0.29) is 6.07 Å². The first-order chi connectivity index (χ1) is 8.48. The minimum Gasteiger partial charge on any atom is -0.258 e. The van der Waals surface area contributed by atoms with Crippen LogP contribution in [0.5, 0.6) is 0 Å². The van der Waals surface area contributed by atoms with Crippen LogP contribution in [0.4, 0.5) is 18.9 Å². The normalized spacial score (nSPS) is 12.7. The van der Waals surface area contributed by atoms with E-state index in [1.54, 1.807) is 0 Å². The van der Waals surface area contributed by atoms with Crippen molar-refractivity contribution in [1.29, 1.82) is 0 Å². The zero-order valence-electron chi connectivity index (χ0n) is 9.80. The first-order valence-corrected chi connectivity index (χ1v) is 6.20. The van der Waals surface area contributed by atoms with E-state index in [1.165, 1.54) is 0 Å². The minimum absolute atomic E-state index is 0.205. The minimum atomic E-state index is -5.01. The molecular formula is C9H9F3N2O4S. The van der Waals surface area contributed by atoms with Gasteiger partial charge in [-0.2, -0.15) is 13.2 Å². The summed E-state index contributed by atoms with van der Waals surface area (Å²) in [6, 6.07) is 1.50. The molecule has 0 aromatic heterocycles. The molecule has 0 bridgehead atoms. The number of hydrogen-bond donors (Lipinski definition) is 0. The van der Waals surface area contributed by atoms with Crippen LogP contribution in [0.3, 0.4) is 0 Å². The number of hydrogen-bond acceptors (Lipinski definition) is 4. The van der Waals surface area contributed by atoms with Gasteiger partial charge in [0.2, 0.25) is 10.0 Å². The van der Waals surface area contributed by atoms with Crippen LogP contribution >= 0.6 is 0 Å². The van der Waals surface area contributed by atoms with Crippen LogP contribution in [0.15, 0.2) is 23.1 Å². The van der Waals surface area contributed by atoms with Gasteiger partial charge in [0.25, 0.3) is 5.69 Å². The predicted molar refractivity (Wildman–Crippen MR) is 59.0 cm³/mol. The van der Waals surface area contributed by atoms with Gasteiger partial charge >= 0.3 is 6.18 Å². The van der Waals surface area contributed by atoms with Gasteiger partial charge in [-0.1, -0.05) is 0 Å². The summed E-state index contributed by atoms with van der Waals surface area (Å²) in [6.45, 7) is 0. The van der Waals surface area contributed by atoms with E-state index in [1.807, 2.05) is 0 Å². The molecule has 0 radical (unpaired) electrons. The van der Waals surface area contributed by atoms with Gasteiger partial charge in [0, 0.05) is 26.2 Å². The number of non-ortho nitro benzene ring substituents is 1. The van der Waals surface area contributed by atoms with E-state index in [9.17, 15) is 31.7 Å². The average Bonchev–Trinajstić information content (AvgIpc) is 2.26. The molecule has 0 atom stereocenters. The molecule has 0 aliphatic carbocycles. The molecule has 0 amide bonds. The molecular weight excluding hydrogens is 289 g/mol. The van der Waals surface area contributed by atoms with Gasteiger partial charge in [-0.3, -0.25) is 10.1 Å². The lowest BCUT2D eigenvalue weighted by Crippen LogP contribution is -2.25. The number of alkyl halides is 3. The number of rotatable bonds is 3. The Balaban J connectivity index is 3.63. The van der Waals surface area contributed by atoms with Crippen LogP contribution in [0.1, 0.15) is 5.56 Å². The zero-order valence-corrected chi connectivity index (χ0v) is 10.6. The maximum Gasteiger partial charge on any atom is 0.417 e. The van der Waals surface area contributed by atoms with Crippen LogP contribution in [0, 0.1) is 10.1 Å². The molecule has 106 valence electrons. The Morgan fingerprint density at radius 1 is 1.26 bits per heavy atom. The first-order valence-electron chi connectivity index (χ1n) is 4.76. The fraction of sp³-hybridized carbons (Fsp3) is 0.333. The Bertz CT molecular complexity index is 610. The number of nitrogens with zero attached hydrogens (tertiary/aromatic N) is 2. The van der Waals surface area contributed by atoms with Crippen molar-refractivity contribution in [3.63, 3.8) is 0 Å². The Hall–Kier alpha value is -1.68. The maximum absolute atomic E-state index is 12.8. The molecule has 19 heavy (non-hydrogen) atoms. The summed E-state index contributed by atoms with van der Waals surface area (Å²) in [4.78, 5) is 8.41. The van der Waals surface area contributed by atoms with Crippen molar-refractivity contribution in [2.45, 2.75) is 11.1 Å². The molecule has 0 heterocycles. The van der Waals surface area contributed by atoms with E-state index in [0.717, 1.165) is 14.1 Å². The van der Waals surface area contributed by atoms with Crippen molar-refractivity contribution in [1.82, 2.24) is 4.31 Å². The summed E-state index contributed by atoms with van der Waals surface area (Å²) >= 11 is 0. The summed E-state index contributed by atoms with van der Waals surface area (Å²) < 4.78 is 62.4. The average molecular weight is 298 g/mol. The zero-order chi connectivity index (χ0) is 15.0. The van der Waals surface area contributed by atoms with Crippen LogP contribution in [-0.4, -0.2) is 31.7 Å². The number of benzene rings is 1. The molecule has 0 N–H and O–H groups in total. The second-order valence-electron chi connectivity index (χ2n) is 3.72.